The third-order valence-corrected chi connectivity index (χ3v) is 2.36. The minimum absolute atomic E-state index is 0.133. The van der Waals surface area contributed by atoms with Crippen LogP contribution in [0.2, 0.25) is 0 Å². The molecular formula is C13H19FN2O. The monoisotopic (exact) mass is 238 g/mol. The Morgan fingerprint density at radius 1 is 1.35 bits per heavy atom. The fourth-order valence-corrected chi connectivity index (χ4v) is 1.32. The van der Waals surface area contributed by atoms with E-state index in [2.05, 4.69) is 5.32 Å². The number of halogens is 1. The predicted octanol–water partition coefficient (Wildman–Crippen LogP) is 2.18. The van der Waals surface area contributed by atoms with Gasteiger partial charge >= 0.3 is 0 Å². The lowest BCUT2D eigenvalue weighted by Gasteiger charge is -2.23. The van der Waals surface area contributed by atoms with E-state index in [0.29, 0.717) is 5.69 Å². The highest BCUT2D eigenvalue weighted by atomic mass is 19.1. The molecule has 1 aromatic carbocycles. The van der Waals surface area contributed by atoms with E-state index in [-0.39, 0.29) is 23.8 Å². The summed E-state index contributed by atoms with van der Waals surface area (Å²) in [6.45, 7) is 6.12. The van der Waals surface area contributed by atoms with Crippen LogP contribution in [0, 0.1) is 5.82 Å². The highest BCUT2D eigenvalue weighted by molar-refractivity contribution is 5.94. The van der Waals surface area contributed by atoms with Crippen LogP contribution in [-0.2, 0) is 4.79 Å². The SMILES string of the molecule is CN(C(=O)CNC(C)(C)C)c1ccccc1F. The van der Waals surface area contributed by atoms with E-state index in [1.54, 1.807) is 25.2 Å². The molecule has 1 amide bonds. The summed E-state index contributed by atoms with van der Waals surface area (Å²) >= 11 is 0. The summed E-state index contributed by atoms with van der Waals surface area (Å²) in [4.78, 5) is 13.2. The van der Waals surface area contributed by atoms with E-state index >= 15 is 0 Å². The van der Waals surface area contributed by atoms with Gasteiger partial charge in [-0.1, -0.05) is 12.1 Å². The molecule has 4 heteroatoms. The number of carbonyl (C=O) groups excluding carboxylic acids is 1. The van der Waals surface area contributed by atoms with E-state index < -0.39 is 0 Å². The molecule has 0 aliphatic rings. The van der Waals surface area contributed by atoms with Crippen LogP contribution in [0.15, 0.2) is 24.3 Å². The van der Waals surface area contributed by atoms with Gasteiger partial charge in [0.25, 0.3) is 0 Å². The van der Waals surface area contributed by atoms with Gasteiger partial charge < -0.3 is 10.2 Å². The van der Waals surface area contributed by atoms with Crippen LogP contribution in [-0.4, -0.2) is 25.0 Å². The third kappa shape index (κ3) is 4.15. The van der Waals surface area contributed by atoms with Crippen molar-refractivity contribution in [2.75, 3.05) is 18.5 Å². The molecule has 0 aliphatic heterocycles. The van der Waals surface area contributed by atoms with Crippen molar-refractivity contribution in [2.45, 2.75) is 26.3 Å². The molecule has 1 N–H and O–H groups in total. The second-order valence-corrected chi connectivity index (χ2v) is 5.01. The Hall–Kier alpha value is -1.42. The number of benzene rings is 1. The van der Waals surface area contributed by atoms with Crippen molar-refractivity contribution in [2.24, 2.45) is 0 Å². The molecule has 0 spiro atoms. The molecule has 0 aromatic heterocycles. The van der Waals surface area contributed by atoms with Crippen molar-refractivity contribution in [1.82, 2.24) is 5.32 Å². The van der Waals surface area contributed by atoms with Gasteiger partial charge in [-0.15, -0.1) is 0 Å². The number of nitrogens with zero attached hydrogens (tertiary/aromatic N) is 1. The number of rotatable bonds is 3. The lowest BCUT2D eigenvalue weighted by molar-refractivity contribution is -0.117. The summed E-state index contributed by atoms with van der Waals surface area (Å²) in [7, 11) is 1.57. The number of hydrogen-bond acceptors (Lipinski definition) is 2. The summed E-state index contributed by atoms with van der Waals surface area (Å²) in [6.07, 6.45) is 0. The average Bonchev–Trinajstić information content (AvgIpc) is 2.24. The lowest BCUT2D eigenvalue weighted by atomic mass is 10.1. The molecule has 94 valence electrons. The Morgan fingerprint density at radius 3 is 2.47 bits per heavy atom. The van der Waals surface area contributed by atoms with Crippen molar-refractivity contribution in [3.8, 4) is 0 Å². The second kappa shape index (κ2) is 5.27. The maximum Gasteiger partial charge on any atom is 0.240 e. The van der Waals surface area contributed by atoms with Crippen LogP contribution in [0.25, 0.3) is 0 Å². The zero-order valence-electron chi connectivity index (χ0n) is 10.7. The Bertz CT molecular complexity index is 399. The van der Waals surface area contributed by atoms with Gasteiger partial charge in [-0.05, 0) is 32.9 Å². The Morgan fingerprint density at radius 2 is 1.94 bits per heavy atom. The summed E-state index contributed by atoms with van der Waals surface area (Å²) in [5.74, 6) is -0.552. The highest BCUT2D eigenvalue weighted by Crippen LogP contribution is 2.16. The number of likely N-dealkylation sites (N-methyl/N-ethyl adjacent to an activating group) is 1. The second-order valence-electron chi connectivity index (χ2n) is 5.01. The first-order valence-electron chi connectivity index (χ1n) is 5.57. The minimum Gasteiger partial charge on any atom is -0.312 e. The van der Waals surface area contributed by atoms with Gasteiger partial charge in [0.05, 0.1) is 12.2 Å². The summed E-state index contributed by atoms with van der Waals surface area (Å²) in [6, 6.07) is 6.24. The predicted molar refractivity (Wildman–Crippen MR) is 67.6 cm³/mol. The van der Waals surface area contributed by atoms with E-state index in [4.69, 9.17) is 0 Å². The smallest absolute Gasteiger partial charge is 0.240 e. The Kier molecular flexibility index (Phi) is 4.23. The van der Waals surface area contributed by atoms with E-state index in [9.17, 15) is 9.18 Å². The molecule has 0 atom stereocenters. The summed E-state index contributed by atoms with van der Waals surface area (Å²) in [5, 5.41) is 3.08. The van der Waals surface area contributed by atoms with Crippen LogP contribution in [0.5, 0.6) is 0 Å². The molecule has 3 nitrogen and oxygen atoms in total. The number of carbonyl (C=O) groups is 1. The van der Waals surface area contributed by atoms with Crippen LogP contribution in [0.3, 0.4) is 0 Å². The first kappa shape index (κ1) is 13.6. The van der Waals surface area contributed by atoms with Gasteiger partial charge in [0.15, 0.2) is 0 Å². The normalized spacial score (nSPS) is 11.4. The van der Waals surface area contributed by atoms with Gasteiger partial charge in [0, 0.05) is 12.6 Å². The molecule has 0 saturated heterocycles. The zero-order valence-corrected chi connectivity index (χ0v) is 10.7. The maximum absolute atomic E-state index is 13.5. The molecule has 0 unspecified atom stereocenters. The summed E-state index contributed by atoms with van der Waals surface area (Å²) < 4.78 is 13.5. The number of amides is 1. The Labute approximate surface area is 102 Å². The quantitative estimate of drug-likeness (QED) is 0.875. The molecule has 1 aromatic rings. The number of anilines is 1. The van der Waals surface area contributed by atoms with Crippen molar-refractivity contribution >= 4 is 11.6 Å². The van der Waals surface area contributed by atoms with Crippen molar-refractivity contribution in [1.29, 1.82) is 0 Å². The molecule has 17 heavy (non-hydrogen) atoms. The topological polar surface area (TPSA) is 32.3 Å². The standard InChI is InChI=1S/C13H19FN2O/c1-13(2,3)15-9-12(17)16(4)11-8-6-5-7-10(11)14/h5-8,15H,9H2,1-4H3. The highest BCUT2D eigenvalue weighted by Gasteiger charge is 2.17. The minimum atomic E-state index is -0.390. The first-order valence-corrected chi connectivity index (χ1v) is 5.57. The molecule has 0 aliphatic carbocycles. The molecule has 1 rings (SSSR count). The zero-order chi connectivity index (χ0) is 13.1. The fourth-order valence-electron chi connectivity index (χ4n) is 1.32. The van der Waals surface area contributed by atoms with Gasteiger partial charge in [-0.3, -0.25) is 4.79 Å². The molecular weight excluding hydrogens is 219 g/mol. The number of nitrogens with one attached hydrogen (secondary N) is 1. The van der Waals surface area contributed by atoms with Crippen LogP contribution in [0.4, 0.5) is 10.1 Å². The fraction of sp³-hybridized carbons (Fsp3) is 0.462. The average molecular weight is 238 g/mol. The van der Waals surface area contributed by atoms with Crippen LogP contribution < -0.4 is 10.2 Å². The van der Waals surface area contributed by atoms with Crippen LogP contribution >= 0.6 is 0 Å². The van der Waals surface area contributed by atoms with Gasteiger partial charge in [0.2, 0.25) is 5.91 Å². The van der Waals surface area contributed by atoms with Crippen molar-refractivity contribution in [3.05, 3.63) is 30.1 Å². The van der Waals surface area contributed by atoms with Gasteiger partial charge in [-0.2, -0.15) is 0 Å². The van der Waals surface area contributed by atoms with Crippen molar-refractivity contribution < 1.29 is 9.18 Å². The number of hydrogen-bond donors (Lipinski definition) is 1. The molecule has 0 fully saturated rings. The van der Waals surface area contributed by atoms with Crippen LogP contribution in [0.1, 0.15) is 20.8 Å². The lowest BCUT2D eigenvalue weighted by Crippen LogP contribution is -2.44. The molecule has 0 saturated carbocycles. The van der Waals surface area contributed by atoms with E-state index in [1.807, 2.05) is 20.8 Å². The molecule has 0 heterocycles. The van der Waals surface area contributed by atoms with Gasteiger partial charge in [-0.25, -0.2) is 4.39 Å². The summed E-state index contributed by atoms with van der Waals surface area (Å²) in [5.41, 5.74) is 0.166. The number of para-hydroxylation sites is 1. The third-order valence-electron chi connectivity index (χ3n) is 2.36. The van der Waals surface area contributed by atoms with E-state index in [1.165, 1.54) is 11.0 Å². The Balaban J connectivity index is 2.68. The van der Waals surface area contributed by atoms with Gasteiger partial charge in [0.1, 0.15) is 5.82 Å². The van der Waals surface area contributed by atoms with Crippen molar-refractivity contribution in [3.63, 3.8) is 0 Å². The first-order chi connectivity index (χ1) is 7.81. The maximum atomic E-state index is 13.5. The molecule has 0 radical (unpaired) electrons. The largest absolute Gasteiger partial charge is 0.312 e. The molecule has 0 bridgehead atoms. The van der Waals surface area contributed by atoms with E-state index in [0.717, 1.165) is 0 Å².